The summed E-state index contributed by atoms with van der Waals surface area (Å²) in [5.74, 6) is -0.635. The zero-order valence-corrected chi connectivity index (χ0v) is 30.2. The highest BCUT2D eigenvalue weighted by atomic mass is 16.2. The molecule has 10 nitrogen and oxygen atoms in total. The summed E-state index contributed by atoms with van der Waals surface area (Å²) in [7, 11) is 7.81. The van der Waals surface area contributed by atoms with Gasteiger partial charge in [0, 0.05) is 75.2 Å². The van der Waals surface area contributed by atoms with E-state index in [0.717, 1.165) is 35.3 Å². The van der Waals surface area contributed by atoms with Crippen molar-refractivity contribution in [2.45, 2.75) is 37.8 Å². The van der Waals surface area contributed by atoms with Gasteiger partial charge in [0.05, 0.1) is 0 Å². The lowest BCUT2D eigenvalue weighted by Crippen LogP contribution is -2.43. The third-order valence-electron chi connectivity index (χ3n) is 9.72. The molecule has 2 saturated heterocycles. The Kier molecular flexibility index (Phi) is 11.0. The van der Waals surface area contributed by atoms with Crippen LogP contribution in [-0.2, 0) is 9.59 Å². The molecule has 0 bridgehead atoms. The van der Waals surface area contributed by atoms with E-state index in [4.69, 9.17) is 0 Å². The molecule has 0 aliphatic carbocycles. The summed E-state index contributed by atoms with van der Waals surface area (Å²) in [6, 6.07) is 29.0. The molecule has 10 heteroatoms. The van der Waals surface area contributed by atoms with E-state index in [1.165, 1.54) is 0 Å². The van der Waals surface area contributed by atoms with Gasteiger partial charge in [-0.1, -0.05) is 36.4 Å². The number of rotatable bonds is 10. The van der Waals surface area contributed by atoms with Crippen LogP contribution >= 0.6 is 0 Å². The molecule has 4 aromatic rings. The third-order valence-corrected chi connectivity index (χ3v) is 9.72. The van der Waals surface area contributed by atoms with Crippen LogP contribution in [0.1, 0.15) is 57.5 Å². The molecule has 268 valence electrons. The van der Waals surface area contributed by atoms with Gasteiger partial charge in [0.15, 0.2) is 0 Å². The molecule has 2 atom stereocenters. The SMILES string of the molecule is CN(C)c1ccc(C(=O)N2CCC[C@H]2C(=O)Nc2ccc(C=Cc3ccc(NC(=O)[C@@H]4CCCN4C(=O)c4ccc(N(C)C)cc4)cc3)cc2)cc1. The zero-order valence-electron chi connectivity index (χ0n) is 30.2. The minimum absolute atomic E-state index is 0.131. The monoisotopic (exact) mass is 698 g/mol. The van der Waals surface area contributed by atoms with Crippen LogP contribution in [0.15, 0.2) is 97.1 Å². The first-order valence-corrected chi connectivity index (χ1v) is 17.7. The van der Waals surface area contributed by atoms with Crippen molar-refractivity contribution in [3.8, 4) is 0 Å². The molecular weight excluding hydrogens is 652 g/mol. The van der Waals surface area contributed by atoms with E-state index in [1.807, 2.05) is 147 Å². The minimum Gasteiger partial charge on any atom is -0.378 e. The summed E-state index contributed by atoms with van der Waals surface area (Å²) in [6.07, 6.45) is 6.77. The van der Waals surface area contributed by atoms with Crippen molar-refractivity contribution in [1.82, 2.24) is 9.80 Å². The van der Waals surface area contributed by atoms with Crippen LogP contribution in [0.3, 0.4) is 0 Å². The van der Waals surface area contributed by atoms with Gasteiger partial charge in [-0.3, -0.25) is 19.2 Å². The minimum atomic E-state index is -0.515. The van der Waals surface area contributed by atoms with Crippen LogP contribution < -0.4 is 20.4 Å². The predicted octanol–water partition coefficient (Wildman–Crippen LogP) is 6.48. The molecule has 52 heavy (non-hydrogen) atoms. The summed E-state index contributed by atoms with van der Waals surface area (Å²) >= 11 is 0. The first-order chi connectivity index (χ1) is 25.1. The molecular formula is C42H46N6O4. The van der Waals surface area contributed by atoms with E-state index in [9.17, 15) is 19.2 Å². The molecule has 0 saturated carbocycles. The van der Waals surface area contributed by atoms with Crippen LogP contribution in [0.4, 0.5) is 22.7 Å². The Morgan fingerprint density at radius 1 is 0.538 bits per heavy atom. The predicted molar refractivity (Wildman–Crippen MR) is 209 cm³/mol. The van der Waals surface area contributed by atoms with Gasteiger partial charge in [-0.25, -0.2) is 0 Å². The number of benzene rings is 4. The van der Waals surface area contributed by atoms with Crippen molar-refractivity contribution in [2.24, 2.45) is 0 Å². The van der Waals surface area contributed by atoms with E-state index in [1.54, 1.807) is 9.80 Å². The summed E-state index contributed by atoms with van der Waals surface area (Å²) in [5, 5.41) is 5.98. The Balaban J connectivity index is 1.00. The molecule has 6 rings (SSSR count). The standard InChI is InChI=1S/C42H46N6O4/c1-45(2)35-23-15-31(16-24-35)41(51)47-27-5-7-37(47)39(49)43-33-19-11-29(12-20-33)9-10-30-13-21-34(22-14-30)44-40(50)38-8-6-28-48(38)42(52)32-17-25-36(26-18-32)46(3)4/h9-26,37-38H,5-8,27-28H2,1-4H3,(H,43,49)(H,44,50)/t37-,38-/m0/s1. The highest BCUT2D eigenvalue weighted by molar-refractivity contribution is 6.03. The van der Waals surface area contributed by atoms with Gasteiger partial charge in [0.2, 0.25) is 11.8 Å². The van der Waals surface area contributed by atoms with Crippen molar-refractivity contribution >= 4 is 58.5 Å². The lowest BCUT2D eigenvalue weighted by atomic mass is 10.1. The summed E-state index contributed by atoms with van der Waals surface area (Å²) in [6.45, 7) is 1.10. The van der Waals surface area contributed by atoms with Crippen LogP contribution in [0.2, 0.25) is 0 Å². The summed E-state index contributed by atoms with van der Waals surface area (Å²) in [4.78, 5) is 60.2. The zero-order chi connectivity index (χ0) is 36.8. The average Bonchev–Trinajstić information content (AvgIpc) is 3.86. The molecule has 2 N–H and O–H groups in total. The Labute approximate surface area is 305 Å². The van der Waals surface area contributed by atoms with Crippen molar-refractivity contribution in [1.29, 1.82) is 0 Å². The van der Waals surface area contributed by atoms with E-state index >= 15 is 0 Å². The van der Waals surface area contributed by atoms with Gasteiger partial charge in [-0.15, -0.1) is 0 Å². The molecule has 0 radical (unpaired) electrons. The number of nitrogens with one attached hydrogen (secondary N) is 2. The first-order valence-electron chi connectivity index (χ1n) is 17.7. The largest absolute Gasteiger partial charge is 0.378 e. The molecule has 2 aliphatic rings. The quantitative estimate of drug-likeness (QED) is 0.184. The van der Waals surface area contributed by atoms with Crippen molar-refractivity contribution in [3.05, 3.63) is 119 Å². The third kappa shape index (κ3) is 8.34. The van der Waals surface area contributed by atoms with Crippen LogP contribution in [0.25, 0.3) is 12.2 Å². The van der Waals surface area contributed by atoms with Gasteiger partial charge in [0.1, 0.15) is 12.1 Å². The van der Waals surface area contributed by atoms with Crippen LogP contribution in [0.5, 0.6) is 0 Å². The topological polar surface area (TPSA) is 105 Å². The molecule has 2 fully saturated rings. The van der Waals surface area contributed by atoms with Gasteiger partial charge < -0.3 is 30.2 Å². The highest BCUT2D eigenvalue weighted by Gasteiger charge is 2.35. The van der Waals surface area contributed by atoms with E-state index in [-0.39, 0.29) is 23.6 Å². The number of hydrogen-bond acceptors (Lipinski definition) is 6. The van der Waals surface area contributed by atoms with Crippen molar-refractivity contribution in [2.75, 3.05) is 61.7 Å². The summed E-state index contributed by atoms with van der Waals surface area (Å²) in [5.41, 5.74) is 6.42. The number of anilines is 4. The Bertz CT molecular complexity index is 1780. The Morgan fingerprint density at radius 2 is 0.885 bits per heavy atom. The second kappa shape index (κ2) is 16.0. The second-order valence-corrected chi connectivity index (χ2v) is 13.8. The van der Waals surface area contributed by atoms with Crippen LogP contribution in [-0.4, -0.2) is 86.8 Å². The van der Waals surface area contributed by atoms with Crippen molar-refractivity contribution in [3.63, 3.8) is 0 Å². The van der Waals surface area contributed by atoms with Crippen LogP contribution in [0, 0.1) is 0 Å². The van der Waals surface area contributed by atoms with Gasteiger partial charge in [-0.05, 0) is 110 Å². The number of likely N-dealkylation sites (tertiary alicyclic amines) is 2. The molecule has 2 heterocycles. The lowest BCUT2D eigenvalue weighted by Gasteiger charge is -2.24. The van der Waals surface area contributed by atoms with Gasteiger partial charge >= 0.3 is 0 Å². The molecule has 4 aromatic carbocycles. The molecule has 0 aromatic heterocycles. The Morgan fingerprint density at radius 3 is 1.21 bits per heavy atom. The normalized spacial score (nSPS) is 16.9. The lowest BCUT2D eigenvalue weighted by molar-refractivity contribution is -0.120. The Hall–Kier alpha value is -5.90. The number of carbonyl (C=O) groups excluding carboxylic acids is 4. The maximum absolute atomic E-state index is 13.2. The van der Waals surface area contributed by atoms with Gasteiger partial charge in [-0.2, -0.15) is 0 Å². The maximum atomic E-state index is 13.2. The number of amides is 4. The smallest absolute Gasteiger partial charge is 0.254 e. The second-order valence-electron chi connectivity index (χ2n) is 13.8. The maximum Gasteiger partial charge on any atom is 0.254 e. The fraction of sp³-hybridized carbons (Fsp3) is 0.286. The van der Waals surface area contributed by atoms with E-state index < -0.39 is 12.1 Å². The average molecular weight is 699 g/mol. The summed E-state index contributed by atoms with van der Waals surface area (Å²) < 4.78 is 0. The van der Waals surface area contributed by atoms with E-state index in [0.29, 0.717) is 48.4 Å². The molecule has 4 amide bonds. The number of nitrogens with zero attached hydrogens (tertiary/aromatic N) is 4. The first kappa shape index (κ1) is 35.9. The highest BCUT2D eigenvalue weighted by Crippen LogP contribution is 2.25. The molecule has 2 aliphatic heterocycles. The van der Waals surface area contributed by atoms with Crippen molar-refractivity contribution < 1.29 is 19.2 Å². The molecule has 0 unspecified atom stereocenters. The fourth-order valence-electron chi connectivity index (χ4n) is 6.70. The molecule has 0 spiro atoms. The fourth-order valence-corrected chi connectivity index (χ4v) is 6.70. The number of carbonyl (C=O) groups is 4. The number of hydrogen-bond donors (Lipinski definition) is 2. The van der Waals surface area contributed by atoms with E-state index in [2.05, 4.69) is 10.6 Å². The van der Waals surface area contributed by atoms with Gasteiger partial charge in [0.25, 0.3) is 11.8 Å².